The van der Waals surface area contributed by atoms with Gasteiger partial charge < -0.3 is 11.1 Å². The molecule has 18 heavy (non-hydrogen) atoms. The minimum atomic E-state index is -0.453. The van der Waals surface area contributed by atoms with Gasteiger partial charge in [-0.05, 0) is 25.0 Å². The highest BCUT2D eigenvalue weighted by molar-refractivity contribution is 5.85. The lowest BCUT2D eigenvalue weighted by molar-refractivity contribution is -0.124. The third kappa shape index (κ3) is 4.63. The van der Waals surface area contributed by atoms with Gasteiger partial charge in [0.1, 0.15) is 0 Å². The van der Waals surface area contributed by atoms with Gasteiger partial charge >= 0.3 is 0 Å². The molecule has 1 aromatic heterocycles. The number of amides is 1. The van der Waals surface area contributed by atoms with Crippen LogP contribution in [0.1, 0.15) is 38.9 Å². The minimum absolute atomic E-state index is 0. The molecule has 3 N–H and O–H groups in total. The van der Waals surface area contributed by atoms with E-state index in [0.717, 1.165) is 12.1 Å². The predicted octanol–water partition coefficient (Wildman–Crippen LogP) is 2.05. The molecule has 0 saturated heterocycles. The SMILES string of the molecule is CCC(C)C(N)C(=O)NC(C)c1ccccn1.Cl. The summed E-state index contributed by atoms with van der Waals surface area (Å²) in [6.07, 6.45) is 2.61. The van der Waals surface area contributed by atoms with E-state index in [-0.39, 0.29) is 30.3 Å². The van der Waals surface area contributed by atoms with Crippen LogP contribution in [-0.2, 0) is 4.79 Å². The highest BCUT2D eigenvalue weighted by atomic mass is 35.5. The Bertz CT molecular complexity index is 359. The Balaban J connectivity index is 0.00000289. The molecule has 3 unspecified atom stereocenters. The second-order valence-corrected chi connectivity index (χ2v) is 4.40. The van der Waals surface area contributed by atoms with Crippen molar-refractivity contribution in [2.75, 3.05) is 0 Å². The first kappa shape index (κ1) is 16.9. The molecular formula is C13H22ClN3O. The van der Waals surface area contributed by atoms with E-state index < -0.39 is 6.04 Å². The number of aromatic nitrogens is 1. The number of carbonyl (C=O) groups excluding carboxylic acids is 1. The number of hydrogen-bond donors (Lipinski definition) is 2. The normalized spacial score (nSPS) is 15.1. The number of nitrogens with two attached hydrogens (primary N) is 1. The van der Waals surface area contributed by atoms with Crippen LogP contribution in [0.4, 0.5) is 0 Å². The van der Waals surface area contributed by atoms with Gasteiger partial charge in [0.25, 0.3) is 0 Å². The summed E-state index contributed by atoms with van der Waals surface area (Å²) in [7, 11) is 0. The maximum Gasteiger partial charge on any atom is 0.237 e. The van der Waals surface area contributed by atoms with Crippen molar-refractivity contribution in [2.45, 2.75) is 39.3 Å². The van der Waals surface area contributed by atoms with Crippen LogP contribution in [0.15, 0.2) is 24.4 Å². The molecule has 0 aliphatic carbocycles. The molecule has 0 saturated carbocycles. The topological polar surface area (TPSA) is 68.0 Å². The Kier molecular flexibility index (Phi) is 7.55. The molecule has 0 aliphatic heterocycles. The van der Waals surface area contributed by atoms with E-state index in [1.165, 1.54) is 0 Å². The van der Waals surface area contributed by atoms with Gasteiger partial charge in [-0.2, -0.15) is 0 Å². The standard InChI is InChI=1S/C13H21N3O.ClH/c1-4-9(2)12(14)13(17)16-10(3)11-7-5-6-8-15-11;/h5-10,12H,4,14H2,1-3H3,(H,16,17);1H. The van der Waals surface area contributed by atoms with Crippen molar-refractivity contribution >= 4 is 18.3 Å². The summed E-state index contributed by atoms with van der Waals surface area (Å²) in [5, 5.41) is 2.88. The van der Waals surface area contributed by atoms with Crippen LogP contribution in [0.5, 0.6) is 0 Å². The molecule has 5 heteroatoms. The fraction of sp³-hybridized carbons (Fsp3) is 0.538. The molecule has 0 fully saturated rings. The molecule has 0 spiro atoms. The van der Waals surface area contributed by atoms with E-state index in [0.29, 0.717) is 0 Å². The maximum absolute atomic E-state index is 11.9. The molecule has 102 valence electrons. The van der Waals surface area contributed by atoms with Gasteiger partial charge in [0.15, 0.2) is 0 Å². The van der Waals surface area contributed by atoms with Gasteiger partial charge in [-0.15, -0.1) is 12.4 Å². The van der Waals surface area contributed by atoms with Gasteiger partial charge in [0.05, 0.1) is 17.8 Å². The molecule has 3 atom stereocenters. The van der Waals surface area contributed by atoms with Crippen molar-refractivity contribution in [2.24, 2.45) is 11.7 Å². The summed E-state index contributed by atoms with van der Waals surface area (Å²) in [6, 6.07) is 5.08. The van der Waals surface area contributed by atoms with E-state index in [9.17, 15) is 4.79 Å². The zero-order chi connectivity index (χ0) is 12.8. The zero-order valence-electron chi connectivity index (χ0n) is 11.1. The highest BCUT2D eigenvalue weighted by Gasteiger charge is 2.21. The Hall–Kier alpha value is -1.13. The second kappa shape index (κ2) is 8.06. The Morgan fingerprint density at radius 2 is 2.11 bits per heavy atom. The summed E-state index contributed by atoms with van der Waals surface area (Å²) in [5.41, 5.74) is 6.71. The predicted molar refractivity (Wildman–Crippen MR) is 75.5 cm³/mol. The van der Waals surface area contributed by atoms with E-state index in [2.05, 4.69) is 10.3 Å². The van der Waals surface area contributed by atoms with Crippen LogP contribution in [0, 0.1) is 5.92 Å². The van der Waals surface area contributed by atoms with Crippen LogP contribution in [0.3, 0.4) is 0 Å². The summed E-state index contributed by atoms with van der Waals surface area (Å²) in [6.45, 7) is 5.92. The van der Waals surface area contributed by atoms with Crippen molar-refractivity contribution < 1.29 is 4.79 Å². The van der Waals surface area contributed by atoms with Crippen LogP contribution >= 0.6 is 12.4 Å². The largest absolute Gasteiger partial charge is 0.347 e. The lowest BCUT2D eigenvalue weighted by atomic mass is 9.99. The number of pyridine rings is 1. The number of nitrogens with one attached hydrogen (secondary N) is 1. The van der Waals surface area contributed by atoms with Gasteiger partial charge in [0.2, 0.25) is 5.91 Å². The van der Waals surface area contributed by atoms with E-state index in [1.807, 2.05) is 39.0 Å². The van der Waals surface area contributed by atoms with Crippen LogP contribution in [-0.4, -0.2) is 16.9 Å². The quantitative estimate of drug-likeness (QED) is 0.861. The van der Waals surface area contributed by atoms with Gasteiger partial charge in [-0.1, -0.05) is 26.3 Å². The van der Waals surface area contributed by atoms with Crippen molar-refractivity contribution in [3.8, 4) is 0 Å². The van der Waals surface area contributed by atoms with Crippen molar-refractivity contribution in [3.63, 3.8) is 0 Å². The van der Waals surface area contributed by atoms with Gasteiger partial charge in [-0.3, -0.25) is 9.78 Å². The Labute approximate surface area is 115 Å². The van der Waals surface area contributed by atoms with Crippen molar-refractivity contribution in [3.05, 3.63) is 30.1 Å². The third-order valence-corrected chi connectivity index (χ3v) is 3.05. The Morgan fingerprint density at radius 3 is 2.61 bits per heavy atom. The number of rotatable bonds is 5. The zero-order valence-corrected chi connectivity index (χ0v) is 11.9. The third-order valence-electron chi connectivity index (χ3n) is 3.05. The van der Waals surface area contributed by atoms with Crippen LogP contribution in [0.25, 0.3) is 0 Å². The van der Waals surface area contributed by atoms with Crippen molar-refractivity contribution in [1.82, 2.24) is 10.3 Å². The highest BCUT2D eigenvalue weighted by Crippen LogP contribution is 2.10. The molecule has 0 bridgehead atoms. The van der Waals surface area contributed by atoms with E-state index in [1.54, 1.807) is 6.20 Å². The van der Waals surface area contributed by atoms with E-state index in [4.69, 9.17) is 5.73 Å². The lowest BCUT2D eigenvalue weighted by Gasteiger charge is -2.20. The van der Waals surface area contributed by atoms with Crippen LogP contribution < -0.4 is 11.1 Å². The first-order chi connectivity index (χ1) is 8.06. The first-order valence-corrected chi connectivity index (χ1v) is 6.03. The number of halogens is 1. The molecule has 4 nitrogen and oxygen atoms in total. The molecule has 1 rings (SSSR count). The molecule has 1 heterocycles. The smallest absolute Gasteiger partial charge is 0.237 e. The average Bonchev–Trinajstić information content (AvgIpc) is 2.37. The summed E-state index contributed by atoms with van der Waals surface area (Å²) in [5.74, 6) is 0.0726. The van der Waals surface area contributed by atoms with E-state index >= 15 is 0 Å². The summed E-state index contributed by atoms with van der Waals surface area (Å²) >= 11 is 0. The monoisotopic (exact) mass is 271 g/mol. The number of carbonyl (C=O) groups is 1. The molecule has 1 amide bonds. The lowest BCUT2D eigenvalue weighted by Crippen LogP contribution is -2.45. The number of hydrogen-bond acceptors (Lipinski definition) is 3. The van der Waals surface area contributed by atoms with Gasteiger partial charge in [-0.25, -0.2) is 0 Å². The summed E-state index contributed by atoms with van der Waals surface area (Å²) < 4.78 is 0. The molecule has 0 radical (unpaired) electrons. The average molecular weight is 272 g/mol. The second-order valence-electron chi connectivity index (χ2n) is 4.40. The fourth-order valence-corrected chi connectivity index (χ4v) is 1.53. The maximum atomic E-state index is 11.9. The minimum Gasteiger partial charge on any atom is -0.347 e. The first-order valence-electron chi connectivity index (χ1n) is 6.03. The Morgan fingerprint density at radius 1 is 1.44 bits per heavy atom. The number of nitrogens with zero attached hydrogens (tertiary/aromatic N) is 1. The van der Waals surface area contributed by atoms with Crippen LogP contribution in [0.2, 0.25) is 0 Å². The fourth-order valence-electron chi connectivity index (χ4n) is 1.53. The molecule has 0 aliphatic rings. The molecule has 0 aromatic carbocycles. The summed E-state index contributed by atoms with van der Waals surface area (Å²) in [4.78, 5) is 16.1. The molecule has 1 aromatic rings. The van der Waals surface area contributed by atoms with Crippen molar-refractivity contribution in [1.29, 1.82) is 0 Å². The van der Waals surface area contributed by atoms with Gasteiger partial charge in [0, 0.05) is 6.20 Å². The molecular weight excluding hydrogens is 250 g/mol.